The van der Waals surface area contributed by atoms with Crippen LogP contribution in [0.5, 0.6) is 0 Å². The van der Waals surface area contributed by atoms with E-state index in [1.807, 2.05) is 27.8 Å². The van der Waals surface area contributed by atoms with Gasteiger partial charge in [-0.2, -0.15) is 0 Å². The maximum atomic E-state index is 12.3. The summed E-state index contributed by atoms with van der Waals surface area (Å²) in [5, 5.41) is 0.634. The van der Waals surface area contributed by atoms with Crippen molar-refractivity contribution in [3.63, 3.8) is 0 Å². The van der Waals surface area contributed by atoms with Crippen LogP contribution in [0.3, 0.4) is 0 Å². The molecule has 0 aliphatic carbocycles. The Balaban J connectivity index is 2.73. The first kappa shape index (κ1) is 13.7. The van der Waals surface area contributed by atoms with Crippen molar-refractivity contribution in [3.05, 3.63) is 45.3 Å². The summed E-state index contributed by atoms with van der Waals surface area (Å²) >= 11 is 5.87. The lowest BCUT2D eigenvalue weighted by atomic mass is 9.91. The van der Waals surface area contributed by atoms with Gasteiger partial charge in [-0.05, 0) is 24.3 Å². The topological polar surface area (TPSA) is 52.9 Å². The van der Waals surface area contributed by atoms with Gasteiger partial charge in [0, 0.05) is 17.5 Å². The lowest BCUT2D eigenvalue weighted by molar-refractivity contribution is 0.501. The average molecular weight is 280 g/mol. The normalized spacial score (nSPS) is 11.8. The Morgan fingerprint density at radius 3 is 2.11 bits per heavy atom. The zero-order chi connectivity index (χ0) is 14.4. The lowest BCUT2D eigenvalue weighted by Crippen LogP contribution is -2.22. The third kappa shape index (κ3) is 2.28. The predicted octanol–water partition coefficient (Wildman–Crippen LogP) is 2.71. The molecule has 102 valence electrons. The van der Waals surface area contributed by atoms with Crippen LogP contribution >= 0.6 is 11.6 Å². The van der Waals surface area contributed by atoms with Crippen LogP contribution in [0.15, 0.2) is 29.1 Å². The number of nitrogens with two attached hydrogens (primary N) is 1. The molecule has 0 saturated carbocycles. The molecule has 0 atom stereocenters. The zero-order valence-corrected chi connectivity index (χ0v) is 12.3. The van der Waals surface area contributed by atoms with E-state index in [1.165, 1.54) is 0 Å². The van der Waals surface area contributed by atoms with Gasteiger partial charge in [0.25, 0.3) is 5.56 Å². The molecule has 0 amide bonds. The predicted molar refractivity (Wildman–Crippen MR) is 79.1 cm³/mol. The van der Waals surface area contributed by atoms with Crippen LogP contribution in [-0.2, 0) is 12.5 Å². The van der Waals surface area contributed by atoms with E-state index in [4.69, 9.17) is 17.3 Å². The van der Waals surface area contributed by atoms with Gasteiger partial charge in [0.2, 0.25) is 0 Å². The Bertz CT molecular complexity index is 660. The monoisotopic (exact) mass is 279 g/mol. The van der Waals surface area contributed by atoms with Gasteiger partial charge in [0.1, 0.15) is 5.69 Å². The Hall–Kier alpha value is -1.68. The van der Waals surface area contributed by atoms with E-state index in [-0.39, 0.29) is 11.0 Å². The highest BCUT2D eigenvalue weighted by Gasteiger charge is 2.26. The Morgan fingerprint density at radius 1 is 1.16 bits per heavy atom. The van der Waals surface area contributed by atoms with E-state index >= 15 is 0 Å². The number of rotatable bonds is 1. The van der Waals surface area contributed by atoms with Crippen LogP contribution < -0.4 is 11.3 Å². The van der Waals surface area contributed by atoms with Gasteiger partial charge in [0.15, 0.2) is 0 Å². The van der Waals surface area contributed by atoms with E-state index in [0.717, 1.165) is 11.4 Å². The Kier molecular flexibility index (Phi) is 3.22. The summed E-state index contributed by atoms with van der Waals surface area (Å²) < 4.78 is 3.37. The van der Waals surface area contributed by atoms with Gasteiger partial charge >= 0.3 is 0 Å². The van der Waals surface area contributed by atoms with Crippen LogP contribution in [-0.4, -0.2) is 9.36 Å². The quantitative estimate of drug-likeness (QED) is 0.873. The van der Waals surface area contributed by atoms with Crippen LogP contribution in [0.1, 0.15) is 26.5 Å². The number of hydrogen-bond acceptors (Lipinski definition) is 2. The molecule has 0 spiro atoms. The molecule has 4 nitrogen and oxygen atoms in total. The molecule has 1 aromatic carbocycles. The third-order valence-corrected chi connectivity index (χ3v) is 3.34. The number of nitrogens with zero attached hydrogens (tertiary/aromatic N) is 2. The molecule has 0 unspecified atom stereocenters. The molecule has 0 radical (unpaired) electrons. The lowest BCUT2D eigenvalue weighted by Gasteiger charge is -2.21. The number of hydrogen-bond donors (Lipinski definition) is 1. The number of halogens is 1. The fraction of sp³-hybridized carbons (Fsp3) is 0.357. The van der Waals surface area contributed by atoms with Gasteiger partial charge in [0.05, 0.1) is 11.4 Å². The van der Waals surface area contributed by atoms with Gasteiger partial charge < -0.3 is 5.73 Å². The SMILES string of the molecule is Cn1c(C(C)(C)C)c(N)c(=O)n1-c1ccc(Cl)cc1. The van der Waals surface area contributed by atoms with Crippen LogP contribution in [0, 0.1) is 0 Å². The molecule has 19 heavy (non-hydrogen) atoms. The molecule has 0 fully saturated rings. The summed E-state index contributed by atoms with van der Waals surface area (Å²) in [5.41, 5.74) is 7.45. The second-order valence-corrected chi connectivity index (χ2v) is 6.07. The summed E-state index contributed by atoms with van der Waals surface area (Å²) in [6.45, 7) is 6.10. The summed E-state index contributed by atoms with van der Waals surface area (Å²) in [5.74, 6) is 0. The molecule has 5 heteroatoms. The van der Waals surface area contributed by atoms with Gasteiger partial charge in [-0.3, -0.25) is 9.48 Å². The molecular weight excluding hydrogens is 262 g/mol. The maximum absolute atomic E-state index is 12.3. The summed E-state index contributed by atoms with van der Waals surface area (Å²) in [4.78, 5) is 12.3. The van der Waals surface area contributed by atoms with Crippen LogP contribution in [0.2, 0.25) is 5.02 Å². The molecule has 1 heterocycles. The number of nitrogen functional groups attached to an aromatic ring is 1. The van der Waals surface area contributed by atoms with Gasteiger partial charge in [-0.15, -0.1) is 0 Å². The second kappa shape index (κ2) is 4.46. The summed E-state index contributed by atoms with van der Waals surface area (Å²) in [7, 11) is 1.84. The minimum absolute atomic E-state index is 0.199. The molecule has 1 aromatic heterocycles. The van der Waals surface area contributed by atoms with E-state index in [0.29, 0.717) is 10.7 Å². The minimum atomic E-state index is -0.199. The fourth-order valence-electron chi connectivity index (χ4n) is 2.39. The number of aromatic nitrogens is 2. The highest BCUT2D eigenvalue weighted by Crippen LogP contribution is 2.26. The molecule has 2 aromatic rings. The van der Waals surface area contributed by atoms with Crippen molar-refractivity contribution in [2.45, 2.75) is 26.2 Å². The second-order valence-electron chi connectivity index (χ2n) is 5.63. The first-order valence-corrected chi connectivity index (χ1v) is 6.45. The fourth-order valence-corrected chi connectivity index (χ4v) is 2.51. The van der Waals surface area contributed by atoms with Crippen LogP contribution in [0.4, 0.5) is 5.69 Å². The van der Waals surface area contributed by atoms with Crippen molar-refractivity contribution < 1.29 is 0 Å². The smallest absolute Gasteiger partial charge is 0.294 e. The molecular formula is C14H18ClN3O. The summed E-state index contributed by atoms with van der Waals surface area (Å²) in [6, 6.07) is 7.11. The number of benzene rings is 1. The van der Waals surface area contributed by atoms with Crippen molar-refractivity contribution in [2.75, 3.05) is 5.73 Å². The van der Waals surface area contributed by atoms with Crippen molar-refractivity contribution in [2.24, 2.45) is 7.05 Å². The van der Waals surface area contributed by atoms with E-state index < -0.39 is 0 Å². The molecule has 2 rings (SSSR count). The standard InChI is InChI=1S/C14H18ClN3O/c1-14(2,3)12-11(16)13(19)18(17(12)4)10-7-5-9(15)6-8-10/h5-8H,16H2,1-4H3. The molecule has 2 N–H and O–H groups in total. The van der Waals surface area contributed by atoms with Crippen molar-refractivity contribution >= 4 is 17.3 Å². The van der Waals surface area contributed by atoms with E-state index in [2.05, 4.69) is 0 Å². The molecule has 0 bridgehead atoms. The third-order valence-electron chi connectivity index (χ3n) is 3.08. The van der Waals surface area contributed by atoms with Crippen molar-refractivity contribution in [1.82, 2.24) is 9.36 Å². The van der Waals surface area contributed by atoms with Crippen molar-refractivity contribution in [1.29, 1.82) is 0 Å². The molecule has 0 aliphatic rings. The highest BCUT2D eigenvalue weighted by atomic mass is 35.5. The zero-order valence-electron chi connectivity index (χ0n) is 11.6. The molecule has 0 saturated heterocycles. The molecule has 0 aliphatic heterocycles. The largest absolute Gasteiger partial charge is 0.393 e. The Labute approximate surface area is 117 Å². The van der Waals surface area contributed by atoms with E-state index in [1.54, 1.807) is 33.6 Å². The average Bonchev–Trinajstić information content (AvgIpc) is 2.51. The first-order valence-electron chi connectivity index (χ1n) is 6.07. The van der Waals surface area contributed by atoms with Gasteiger partial charge in [-0.1, -0.05) is 32.4 Å². The van der Waals surface area contributed by atoms with Crippen LogP contribution in [0.25, 0.3) is 5.69 Å². The van der Waals surface area contributed by atoms with Gasteiger partial charge in [-0.25, -0.2) is 4.68 Å². The first-order chi connectivity index (χ1) is 8.73. The highest BCUT2D eigenvalue weighted by molar-refractivity contribution is 6.30. The maximum Gasteiger partial charge on any atom is 0.294 e. The van der Waals surface area contributed by atoms with E-state index in [9.17, 15) is 4.79 Å². The number of anilines is 1. The van der Waals surface area contributed by atoms with Crippen molar-refractivity contribution in [3.8, 4) is 5.69 Å². The summed E-state index contributed by atoms with van der Waals surface area (Å²) in [6.07, 6.45) is 0. The minimum Gasteiger partial charge on any atom is -0.393 e. The Morgan fingerprint density at radius 2 is 1.68 bits per heavy atom.